The molecule has 1 aromatic heterocycles. The molecule has 3 N–H and O–H groups in total. The minimum atomic E-state index is -3.72. The molecule has 0 saturated heterocycles. The van der Waals surface area contributed by atoms with Gasteiger partial charge >= 0.3 is 0 Å². The van der Waals surface area contributed by atoms with Crippen molar-refractivity contribution in [2.45, 2.75) is 30.3 Å². The zero-order valence-corrected chi connectivity index (χ0v) is 20.6. The SMILES string of the molecule is CC(C)CSc1nc(NCCc2ccc(S(N)(=O)=O)cc2)c(C#N)c(-c2ccc(Cl)cc2)n1. The second-order valence-electron chi connectivity index (χ2n) is 7.77. The van der Waals surface area contributed by atoms with Gasteiger partial charge < -0.3 is 5.32 Å². The fraction of sp³-hybridized carbons (Fsp3) is 0.261. The summed E-state index contributed by atoms with van der Waals surface area (Å²) in [4.78, 5) is 9.32. The number of hydrogen-bond donors (Lipinski definition) is 2. The highest BCUT2D eigenvalue weighted by molar-refractivity contribution is 7.99. The first kappa shape index (κ1) is 25.0. The van der Waals surface area contributed by atoms with Crippen LogP contribution in [-0.4, -0.2) is 30.7 Å². The topological polar surface area (TPSA) is 122 Å². The third-order valence-electron chi connectivity index (χ3n) is 4.62. The Kier molecular flexibility index (Phi) is 8.32. The standard InChI is InChI=1S/C23H24ClN5O2S2/c1-15(2)14-32-23-28-21(17-5-7-18(24)8-6-17)20(13-25)22(29-23)27-12-11-16-3-9-19(10-4-16)33(26,30)31/h3-10,15H,11-12,14H2,1-2H3,(H2,26,30,31)(H,27,28,29). The summed E-state index contributed by atoms with van der Waals surface area (Å²) in [6.07, 6.45) is 0.602. The predicted octanol–water partition coefficient (Wildman–Crippen LogP) is 4.72. The lowest BCUT2D eigenvalue weighted by Crippen LogP contribution is -2.12. The minimum Gasteiger partial charge on any atom is -0.368 e. The summed E-state index contributed by atoms with van der Waals surface area (Å²) in [5.41, 5.74) is 2.62. The monoisotopic (exact) mass is 501 g/mol. The fourth-order valence-corrected chi connectivity index (χ4v) is 4.40. The predicted molar refractivity (Wildman–Crippen MR) is 133 cm³/mol. The zero-order valence-electron chi connectivity index (χ0n) is 18.2. The van der Waals surface area contributed by atoms with Crippen molar-refractivity contribution in [2.24, 2.45) is 11.1 Å². The Morgan fingerprint density at radius 3 is 2.36 bits per heavy atom. The van der Waals surface area contributed by atoms with Crippen LogP contribution in [0.2, 0.25) is 5.02 Å². The molecule has 0 aliphatic heterocycles. The molecule has 2 aromatic carbocycles. The summed E-state index contributed by atoms with van der Waals surface area (Å²) in [6.45, 7) is 4.74. The molecule has 0 radical (unpaired) electrons. The van der Waals surface area contributed by atoms with Crippen molar-refractivity contribution < 1.29 is 8.42 Å². The molecule has 7 nitrogen and oxygen atoms in total. The number of thioether (sulfide) groups is 1. The van der Waals surface area contributed by atoms with Crippen LogP contribution in [0, 0.1) is 17.2 Å². The number of anilines is 1. The lowest BCUT2D eigenvalue weighted by molar-refractivity contribution is 0.598. The summed E-state index contributed by atoms with van der Waals surface area (Å²) < 4.78 is 22.8. The molecule has 0 unspecified atom stereocenters. The largest absolute Gasteiger partial charge is 0.368 e. The van der Waals surface area contributed by atoms with Crippen LogP contribution < -0.4 is 10.5 Å². The van der Waals surface area contributed by atoms with Crippen molar-refractivity contribution >= 4 is 39.2 Å². The Morgan fingerprint density at radius 2 is 1.79 bits per heavy atom. The molecule has 0 atom stereocenters. The third kappa shape index (κ3) is 6.92. The van der Waals surface area contributed by atoms with E-state index in [9.17, 15) is 13.7 Å². The van der Waals surface area contributed by atoms with Crippen LogP contribution in [0.15, 0.2) is 58.6 Å². The van der Waals surface area contributed by atoms with Gasteiger partial charge in [-0.2, -0.15) is 5.26 Å². The van der Waals surface area contributed by atoms with Gasteiger partial charge in [0.05, 0.1) is 10.6 Å². The fourth-order valence-electron chi connectivity index (χ4n) is 2.97. The Labute approximate surface area is 203 Å². The van der Waals surface area contributed by atoms with Crippen molar-refractivity contribution in [1.29, 1.82) is 5.26 Å². The van der Waals surface area contributed by atoms with Crippen molar-refractivity contribution in [3.63, 3.8) is 0 Å². The summed E-state index contributed by atoms with van der Waals surface area (Å²) in [5.74, 6) is 1.77. The molecule has 0 fully saturated rings. The third-order valence-corrected chi connectivity index (χ3v) is 7.08. The number of hydrogen-bond acceptors (Lipinski definition) is 7. The van der Waals surface area contributed by atoms with Gasteiger partial charge in [0.25, 0.3) is 0 Å². The number of nitriles is 1. The molecule has 0 aliphatic rings. The molecule has 10 heteroatoms. The van der Waals surface area contributed by atoms with E-state index in [1.807, 2.05) is 12.1 Å². The number of rotatable bonds is 9. The second kappa shape index (κ2) is 11.0. The molecule has 33 heavy (non-hydrogen) atoms. The number of nitrogens with zero attached hydrogens (tertiary/aromatic N) is 3. The molecule has 3 rings (SSSR count). The summed E-state index contributed by atoms with van der Waals surface area (Å²) >= 11 is 7.57. The summed E-state index contributed by atoms with van der Waals surface area (Å²) in [5, 5.41) is 19.5. The lowest BCUT2D eigenvalue weighted by Gasteiger charge is -2.13. The second-order valence-corrected chi connectivity index (χ2v) is 10.8. The van der Waals surface area contributed by atoms with Gasteiger partial charge in [0, 0.05) is 22.9 Å². The molecule has 0 spiro atoms. The smallest absolute Gasteiger partial charge is 0.238 e. The number of nitrogens with two attached hydrogens (primary N) is 1. The van der Waals surface area contributed by atoms with E-state index in [1.165, 1.54) is 12.1 Å². The summed E-state index contributed by atoms with van der Waals surface area (Å²) in [6, 6.07) is 15.8. The molecule has 1 heterocycles. The average Bonchev–Trinajstić information content (AvgIpc) is 2.77. The first-order valence-electron chi connectivity index (χ1n) is 10.2. The first-order chi connectivity index (χ1) is 15.7. The lowest BCUT2D eigenvalue weighted by atomic mass is 10.1. The Hall–Kier alpha value is -2.64. The van der Waals surface area contributed by atoms with E-state index in [0.717, 1.165) is 16.9 Å². The minimum absolute atomic E-state index is 0.0706. The van der Waals surface area contributed by atoms with E-state index in [2.05, 4.69) is 35.2 Å². The van der Waals surface area contributed by atoms with E-state index in [4.69, 9.17) is 16.7 Å². The van der Waals surface area contributed by atoms with Crippen LogP contribution in [0.3, 0.4) is 0 Å². The molecule has 0 bridgehead atoms. The Balaban J connectivity index is 1.86. The number of sulfonamides is 1. The zero-order chi connectivity index (χ0) is 24.0. The van der Waals surface area contributed by atoms with Gasteiger partial charge in [-0.1, -0.05) is 61.5 Å². The van der Waals surface area contributed by atoms with Crippen LogP contribution >= 0.6 is 23.4 Å². The average molecular weight is 502 g/mol. The molecule has 0 amide bonds. The molecule has 0 saturated carbocycles. The number of primary sulfonamides is 1. The number of aromatic nitrogens is 2. The first-order valence-corrected chi connectivity index (χ1v) is 13.1. The number of nitrogens with one attached hydrogen (secondary N) is 1. The van der Waals surface area contributed by atoms with Crippen molar-refractivity contribution in [3.8, 4) is 17.3 Å². The number of halogens is 1. The van der Waals surface area contributed by atoms with Crippen molar-refractivity contribution in [3.05, 3.63) is 64.7 Å². The molecular formula is C23H24ClN5O2S2. The van der Waals surface area contributed by atoms with Gasteiger partial charge in [0.1, 0.15) is 17.5 Å². The maximum Gasteiger partial charge on any atom is 0.238 e. The van der Waals surface area contributed by atoms with Gasteiger partial charge in [-0.15, -0.1) is 0 Å². The molecule has 3 aromatic rings. The van der Waals surface area contributed by atoms with Gasteiger partial charge in [-0.05, 0) is 42.2 Å². The Morgan fingerprint density at radius 1 is 1.12 bits per heavy atom. The van der Waals surface area contributed by atoms with Crippen LogP contribution in [0.5, 0.6) is 0 Å². The highest BCUT2D eigenvalue weighted by atomic mass is 35.5. The van der Waals surface area contributed by atoms with Crippen LogP contribution in [-0.2, 0) is 16.4 Å². The van der Waals surface area contributed by atoms with E-state index in [1.54, 1.807) is 36.0 Å². The van der Waals surface area contributed by atoms with E-state index in [-0.39, 0.29) is 4.90 Å². The highest BCUT2D eigenvalue weighted by Crippen LogP contribution is 2.30. The Bertz CT molecular complexity index is 1260. The maximum absolute atomic E-state index is 11.4. The van der Waals surface area contributed by atoms with Crippen molar-refractivity contribution in [2.75, 3.05) is 17.6 Å². The quantitative estimate of drug-likeness (QED) is 0.321. The van der Waals surface area contributed by atoms with Crippen LogP contribution in [0.4, 0.5) is 5.82 Å². The maximum atomic E-state index is 11.4. The normalized spacial score (nSPS) is 11.4. The van der Waals surface area contributed by atoms with E-state index >= 15 is 0 Å². The molecular weight excluding hydrogens is 478 g/mol. The van der Waals surface area contributed by atoms with Crippen LogP contribution in [0.1, 0.15) is 25.0 Å². The number of benzene rings is 2. The highest BCUT2D eigenvalue weighted by Gasteiger charge is 2.17. The van der Waals surface area contributed by atoms with E-state index in [0.29, 0.717) is 46.1 Å². The molecule has 0 aliphatic carbocycles. The van der Waals surface area contributed by atoms with E-state index < -0.39 is 10.0 Å². The summed E-state index contributed by atoms with van der Waals surface area (Å²) in [7, 11) is -3.72. The molecule has 172 valence electrons. The van der Waals surface area contributed by atoms with Gasteiger partial charge in [0.2, 0.25) is 10.0 Å². The van der Waals surface area contributed by atoms with Crippen molar-refractivity contribution in [1.82, 2.24) is 9.97 Å². The van der Waals surface area contributed by atoms with Gasteiger partial charge in [-0.25, -0.2) is 23.5 Å². The van der Waals surface area contributed by atoms with Gasteiger partial charge in [-0.3, -0.25) is 0 Å². The van der Waals surface area contributed by atoms with Gasteiger partial charge in [0.15, 0.2) is 5.16 Å². The van der Waals surface area contributed by atoms with Crippen LogP contribution in [0.25, 0.3) is 11.3 Å².